The normalized spacial score (nSPS) is 15.7. The van der Waals surface area contributed by atoms with Crippen molar-refractivity contribution in [1.29, 1.82) is 0 Å². The van der Waals surface area contributed by atoms with Crippen LogP contribution in [-0.2, 0) is 6.54 Å². The average molecular weight is 445 g/mol. The third-order valence-corrected chi connectivity index (χ3v) is 5.94. The molecule has 1 aliphatic rings. The molecular weight excluding hydrogens is 419 g/mol. The molecule has 1 atom stereocenters. The number of halogens is 1. The third-order valence-electron chi connectivity index (χ3n) is 5.94. The Kier molecular flexibility index (Phi) is 5.50. The van der Waals surface area contributed by atoms with Crippen molar-refractivity contribution >= 4 is 12.2 Å². The van der Waals surface area contributed by atoms with Gasteiger partial charge in [-0.05, 0) is 61.6 Å². The van der Waals surface area contributed by atoms with Gasteiger partial charge in [-0.15, -0.1) is 0 Å². The summed E-state index contributed by atoms with van der Waals surface area (Å²) in [6, 6.07) is 7.46. The molecule has 1 aromatic carbocycles. The van der Waals surface area contributed by atoms with Crippen molar-refractivity contribution in [3.8, 4) is 11.6 Å². The topological polar surface area (TPSA) is 70.7 Å². The molecular formula is C25H25FN6O. The number of benzene rings is 1. The van der Waals surface area contributed by atoms with Crippen LogP contribution in [0.15, 0.2) is 43.0 Å². The highest BCUT2D eigenvalue weighted by Gasteiger charge is 2.27. The SMILES string of the molecule is COc1cc(/C=C/c2nc3n(n2)CCC[C@H]3c2cccc(C)c2F)cnc1-n1cnc(C)c1. The van der Waals surface area contributed by atoms with Gasteiger partial charge in [0, 0.05) is 24.9 Å². The van der Waals surface area contributed by atoms with Crippen LogP contribution in [0.3, 0.4) is 0 Å². The Balaban J connectivity index is 1.42. The summed E-state index contributed by atoms with van der Waals surface area (Å²) in [6.07, 6.45) is 10.9. The van der Waals surface area contributed by atoms with Crippen LogP contribution >= 0.6 is 0 Å². The number of nitrogens with zero attached hydrogens (tertiary/aromatic N) is 6. The van der Waals surface area contributed by atoms with Crippen LogP contribution < -0.4 is 4.74 Å². The molecule has 0 saturated heterocycles. The van der Waals surface area contributed by atoms with Gasteiger partial charge in [-0.1, -0.05) is 18.2 Å². The van der Waals surface area contributed by atoms with Crippen molar-refractivity contribution in [2.75, 3.05) is 7.11 Å². The van der Waals surface area contributed by atoms with Gasteiger partial charge >= 0.3 is 0 Å². The van der Waals surface area contributed by atoms with Crippen LogP contribution in [0.4, 0.5) is 4.39 Å². The average Bonchev–Trinajstić information content (AvgIpc) is 3.45. The van der Waals surface area contributed by atoms with E-state index in [0.29, 0.717) is 28.5 Å². The summed E-state index contributed by atoms with van der Waals surface area (Å²) in [5.74, 6) is 2.48. The number of ether oxygens (including phenoxy) is 1. The number of aryl methyl sites for hydroxylation is 3. The van der Waals surface area contributed by atoms with Crippen molar-refractivity contribution in [2.45, 2.75) is 39.2 Å². The lowest BCUT2D eigenvalue weighted by Gasteiger charge is -2.23. The zero-order chi connectivity index (χ0) is 22.9. The number of hydrogen-bond acceptors (Lipinski definition) is 5. The second-order valence-electron chi connectivity index (χ2n) is 8.27. The van der Waals surface area contributed by atoms with Gasteiger partial charge in [-0.25, -0.2) is 24.0 Å². The molecule has 0 unspecified atom stereocenters. The van der Waals surface area contributed by atoms with Gasteiger partial charge in [0.05, 0.1) is 12.8 Å². The summed E-state index contributed by atoms with van der Waals surface area (Å²) in [7, 11) is 1.62. The standard InChI is InChI=1S/C25H25FN6O/c1-16-6-4-7-19(23(16)26)20-8-5-11-32-24(20)29-22(30-32)10-9-18-12-21(33-3)25(27-13-18)31-14-17(2)28-15-31/h4,6-7,9-10,12-15,20H,5,8,11H2,1-3H3/b10-9+/t20-/m0/s1. The maximum Gasteiger partial charge on any atom is 0.180 e. The highest BCUT2D eigenvalue weighted by molar-refractivity contribution is 5.67. The number of methoxy groups -OCH3 is 1. The first kappa shape index (κ1) is 21.1. The fourth-order valence-electron chi connectivity index (χ4n) is 4.27. The van der Waals surface area contributed by atoms with E-state index in [-0.39, 0.29) is 11.7 Å². The molecule has 4 heterocycles. The monoisotopic (exact) mass is 444 g/mol. The third kappa shape index (κ3) is 4.04. The van der Waals surface area contributed by atoms with Gasteiger partial charge in [0.25, 0.3) is 0 Å². The maximum absolute atomic E-state index is 14.8. The fraction of sp³-hybridized carbons (Fsp3) is 0.280. The number of hydrogen-bond donors (Lipinski definition) is 0. The molecule has 168 valence electrons. The Hall–Kier alpha value is -3.81. The second kappa shape index (κ2) is 8.61. The molecule has 0 N–H and O–H groups in total. The number of pyridine rings is 1. The Bertz CT molecular complexity index is 1340. The molecule has 7 nitrogen and oxygen atoms in total. The number of fused-ring (bicyclic) bond motifs is 1. The molecule has 33 heavy (non-hydrogen) atoms. The van der Waals surface area contributed by atoms with Crippen LogP contribution in [0.1, 0.15) is 52.8 Å². The summed E-state index contributed by atoms with van der Waals surface area (Å²) in [5.41, 5.74) is 3.11. The molecule has 0 amide bonds. The van der Waals surface area contributed by atoms with E-state index in [1.54, 1.807) is 32.6 Å². The zero-order valence-electron chi connectivity index (χ0n) is 18.9. The van der Waals surface area contributed by atoms with Crippen LogP contribution in [0.2, 0.25) is 0 Å². The molecule has 5 rings (SSSR count). The summed E-state index contributed by atoms with van der Waals surface area (Å²) in [4.78, 5) is 13.5. The van der Waals surface area contributed by atoms with Gasteiger partial charge in [0.1, 0.15) is 18.0 Å². The van der Waals surface area contributed by atoms with Gasteiger partial charge in [0.15, 0.2) is 17.4 Å². The van der Waals surface area contributed by atoms with Gasteiger partial charge in [0.2, 0.25) is 0 Å². The van der Waals surface area contributed by atoms with E-state index in [1.165, 1.54) is 0 Å². The Morgan fingerprint density at radius 1 is 1.18 bits per heavy atom. The molecule has 8 heteroatoms. The number of rotatable bonds is 5. The van der Waals surface area contributed by atoms with Crippen LogP contribution in [-0.4, -0.2) is 36.4 Å². The Morgan fingerprint density at radius 3 is 2.85 bits per heavy atom. The zero-order valence-corrected chi connectivity index (χ0v) is 18.9. The second-order valence-corrected chi connectivity index (χ2v) is 8.27. The van der Waals surface area contributed by atoms with Crippen molar-refractivity contribution in [1.82, 2.24) is 29.3 Å². The van der Waals surface area contributed by atoms with E-state index < -0.39 is 0 Å². The van der Waals surface area contributed by atoms with Crippen molar-refractivity contribution in [2.24, 2.45) is 0 Å². The first-order chi connectivity index (χ1) is 16.0. The van der Waals surface area contributed by atoms with E-state index in [1.807, 2.05) is 52.7 Å². The van der Waals surface area contributed by atoms with Crippen molar-refractivity contribution < 1.29 is 9.13 Å². The van der Waals surface area contributed by atoms with Crippen molar-refractivity contribution in [3.05, 3.63) is 82.8 Å². The number of imidazole rings is 1. The number of aromatic nitrogens is 6. The van der Waals surface area contributed by atoms with Crippen LogP contribution in [0.25, 0.3) is 18.0 Å². The van der Waals surface area contributed by atoms with Crippen LogP contribution in [0, 0.1) is 19.7 Å². The Labute approximate surface area is 191 Å². The van der Waals surface area contributed by atoms with Crippen molar-refractivity contribution in [3.63, 3.8) is 0 Å². The highest BCUT2D eigenvalue weighted by Crippen LogP contribution is 2.34. The molecule has 0 radical (unpaired) electrons. The lowest BCUT2D eigenvalue weighted by atomic mass is 9.90. The fourth-order valence-corrected chi connectivity index (χ4v) is 4.27. The first-order valence-electron chi connectivity index (χ1n) is 11.0. The maximum atomic E-state index is 14.8. The van der Waals surface area contributed by atoms with Gasteiger partial charge in [-0.2, -0.15) is 5.10 Å². The smallest absolute Gasteiger partial charge is 0.180 e. The molecule has 0 spiro atoms. The van der Waals surface area contributed by atoms with E-state index in [9.17, 15) is 4.39 Å². The lowest BCUT2D eigenvalue weighted by molar-refractivity contribution is 0.410. The predicted molar refractivity (Wildman–Crippen MR) is 124 cm³/mol. The molecule has 3 aromatic heterocycles. The molecule has 0 fully saturated rings. The molecule has 0 saturated carbocycles. The molecule has 4 aromatic rings. The largest absolute Gasteiger partial charge is 0.493 e. The minimum Gasteiger partial charge on any atom is -0.493 e. The summed E-state index contributed by atoms with van der Waals surface area (Å²) in [5, 5.41) is 4.64. The lowest BCUT2D eigenvalue weighted by Crippen LogP contribution is -2.19. The predicted octanol–water partition coefficient (Wildman–Crippen LogP) is 4.72. The van der Waals surface area contributed by atoms with E-state index >= 15 is 0 Å². The first-order valence-corrected chi connectivity index (χ1v) is 11.0. The van der Waals surface area contributed by atoms with Crippen LogP contribution in [0.5, 0.6) is 5.75 Å². The molecule has 1 aliphatic heterocycles. The van der Waals surface area contributed by atoms with Gasteiger partial charge < -0.3 is 4.74 Å². The minimum absolute atomic E-state index is 0.0898. The molecule has 0 bridgehead atoms. The summed E-state index contributed by atoms with van der Waals surface area (Å²) in [6.45, 7) is 4.51. The quantitative estimate of drug-likeness (QED) is 0.446. The summed E-state index contributed by atoms with van der Waals surface area (Å²) >= 11 is 0. The molecule has 0 aliphatic carbocycles. The highest BCUT2D eigenvalue weighted by atomic mass is 19.1. The minimum atomic E-state index is -0.151. The summed E-state index contributed by atoms with van der Waals surface area (Å²) < 4.78 is 24.1. The van der Waals surface area contributed by atoms with Gasteiger partial charge in [-0.3, -0.25) is 4.57 Å². The van der Waals surface area contributed by atoms with E-state index in [2.05, 4.69) is 15.1 Å². The Morgan fingerprint density at radius 2 is 2.06 bits per heavy atom. The van der Waals surface area contributed by atoms with E-state index in [4.69, 9.17) is 9.72 Å². The van der Waals surface area contributed by atoms with E-state index in [0.717, 1.165) is 36.5 Å².